The molecule has 0 bridgehead atoms. The van der Waals surface area contributed by atoms with Crippen LogP contribution in [0.15, 0.2) is 17.6 Å². The Kier molecular flexibility index (Phi) is 5.30. The molecule has 1 aliphatic heterocycles. The molecular weight excluding hydrogens is 160 g/mol. The SMILES string of the molecule is C=CCCCCCCC1=NCCN1. The van der Waals surface area contributed by atoms with Crippen molar-refractivity contribution in [1.29, 1.82) is 0 Å². The van der Waals surface area contributed by atoms with Crippen LogP contribution in [-0.4, -0.2) is 18.9 Å². The number of amidine groups is 1. The molecule has 1 aliphatic rings. The van der Waals surface area contributed by atoms with Gasteiger partial charge in [-0.1, -0.05) is 18.9 Å². The van der Waals surface area contributed by atoms with Gasteiger partial charge >= 0.3 is 0 Å². The molecule has 0 saturated heterocycles. The number of aliphatic imine (C=N–C) groups is 1. The average molecular weight is 180 g/mol. The summed E-state index contributed by atoms with van der Waals surface area (Å²) in [6.45, 7) is 5.74. The largest absolute Gasteiger partial charge is 0.372 e. The van der Waals surface area contributed by atoms with Gasteiger partial charge in [-0.05, 0) is 19.3 Å². The highest BCUT2D eigenvalue weighted by atomic mass is 15.1. The Morgan fingerprint density at radius 1 is 1.31 bits per heavy atom. The van der Waals surface area contributed by atoms with E-state index in [2.05, 4.69) is 16.9 Å². The summed E-state index contributed by atoms with van der Waals surface area (Å²) < 4.78 is 0. The van der Waals surface area contributed by atoms with E-state index >= 15 is 0 Å². The second kappa shape index (κ2) is 6.70. The third-order valence-corrected chi connectivity index (χ3v) is 2.32. The number of hydrogen-bond acceptors (Lipinski definition) is 2. The zero-order valence-corrected chi connectivity index (χ0v) is 8.39. The predicted octanol–water partition coefficient (Wildman–Crippen LogP) is 2.51. The van der Waals surface area contributed by atoms with Crippen molar-refractivity contribution in [2.45, 2.75) is 38.5 Å². The fourth-order valence-corrected chi connectivity index (χ4v) is 1.55. The molecule has 0 unspecified atom stereocenters. The molecule has 0 aromatic carbocycles. The molecule has 74 valence electrons. The zero-order chi connectivity index (χ0) is 9.36. The van der Waals surface area contributed by atoms with Crippen LogP contribution in [0.4, 0.5) is 0 Å². The van der Waals surface area contributed by atoms with E-state index in [0.717, 1.165) is 19.5 Å². The lowest BCUT2D eigenvalue weighted by molar-refractivity contribution is 0.657. The molecule has 1 heterocycles. The van der Waals surface area contributed by atoms with E-state index in [4.69, 9.17) is 0 Å². The van der Waals surface area contributed by atoms with Crippen molar-refractivity contribution in [3.05, 3.63) is 12.7 Å². The highest BCUT2D eigenvalue weighted by Crippen LogP contribution is 2.06. The van der Waals surface area contributed by atoms with Crippen molar-refractivity contribution in [2.24, 2.45) is 4.99 Å². The van der Waals surface area contributed by atoms with Crippen molar-refractivity contribution < 1.29 is 0 Å². The first-order valence-corrected chi connectivity index (χ1v) is 5.31. The van der Waals surface area contributed by atoms with Gasteiger partial charge < -0.3 is 5.32 Å². The van der Waals surface area contributed by atoms with Crippen LogP contribution in [0.3, 0.4) is 0 Å². The molecule has 0 aromatic heterocycles. The number of allylic oxidation sites excluding steroid dienone is 1. The van der Waals surface area contributed by atoms with Crippen molar-refractivity contribution in [2.75, 3.05) is 13.1 Å². The van der Waals surface area contributed by atoms with E-state index in [-0.39, 0.29) is 0 Å². The van der Waals surface area contributed by atoms with Gasteiger partial charge in [-0.2, -0.15) is 0 Å². The van der Waals surface area contributed by atoms with E-state index < -0.39 is 0 Å². The lowest BCUT2D eigenvalue weighted by Crippen LogP contribution is -2.17. The van der Waals surface area contributed by atoms with Gasteiger partial charge in [0.05, 0.1) is 12.4 Å². The van der Waals surface area contributed by atoms with Gasteiger partial charge in [-0.25, -0.2) is 0 Å². The first-order valence-electron chi connectivity index (χ1n) is 5.31. The summed E-state index contributed by atoms with van der Waals surface area (Å²) in [5.41, 5.74) is 0. The van der Waals surface area contributed by atoms with Crippen LogP contribution in [-0.2, 0) is 0 Å². The van der Waals surface area contributed by atoms with Crippen LogP contribution in [0, 0.1) is 0 Å². The number of rotatable bonds is 7. The molecule has 0 saturated carbocycles. The molecule has 0 aliphatic carbocycles. The molecule has 0 aromatic rings. The van der Waals surface area contributed by atoms with E-state index in [1.165, 1.54) is 37.9 Å². The quantitative estimate of drug-likeness (QED) is 0.472. The summed E-state index contributed by atoms with van der Waals surface area (Å²) in [6.07, 6.45) is 9.55. The third kappa shape index (κ3) is 4.71. The van der Waals surface area contributed by atoms with Gasteiger partial charge in [-0.15, -0.1) is 6.58 Å². The number of unbranched alkanes of at least 4 members (excludes halogenated alkanes) is 4. The molecule has 1 N–H and O–H groups in total. The van der Waals surface area contributed by atoms with Crippen LogP contribution in [0.5, 0.6) is 0 Å². The maximum Gasteiger partial charge on any atom is 0.0964 e. The summed E-state index contributed by atoms with van der Waals surface area (Å²) in [7, 11) is 0. The van der Waals surface area contributed by atoms with E-state index in [0.29, 0.717) is 0 Å². The standard InChI is InChI=1S/C11H20N2/c1-2-3-4-5-6-7-8-11-12-9-10-13-11/h2H,1,3-10H2,(H,12,13). The van der Waals surface area contributed by atoms with Crippen LogP contribution < -0.4 is 5.32 Å². The van der Waals surface area contributed by atoms with Gasteiger partial charge in [0.2, 0.25) is 0 Å². The Morgan fingerprint density at radius 2 is 2.15 bits per heavy atom. The maximum absolute atomic E-state index is 4.36. The monoisotopic (exact) mass is 180 g/mol. The van der Waals surface area contributed by atoms with Crippen LogP contribution in [0.25, 0.3) is 0 Å². The fourth-order valence-electron chi connectivity index (χ4n) is 1.55. The Hall–Kier alpha value is -0.790. The summed E-state index contributed by atoms with van der Waals surface area (Å²) in [5, 5.41) is 3.29. The predicted molar refractivity (Wildman–Crippen MR) is 58.2 cm³/mol. The Balaban J connectivity index is 1.86. The number of nitrogens with zero attached hydrogens (tertiary/aromatic N) is 1. The first kappa shape index (κ1) is 10.3. The van der Waals surface area contributed by atoms with Gasteiger partial charge in [0, 0.05) is 13.0 Å². The Labute approximate surface area is 81.1 Å². The van der Waals surface area contributed by atoms with Gasteiger partial charge in [-0.3, -0.25) is 4.99 Å². The second-order valence-electron chi connectivity index (χ2n) is 3.50. The zero-order valence-electron chi connectivity index (χ0n) is 8.39. The molecule has 1 rings (SSSR count). The Bertz CT molecular complexity index is 173. The van der Waals surface area contributed by atoms with Crippen LogP contribution in [0.2, 0.25) is 0 Å². The minimum Gasteiger partial charge on any atom is -0.372 e. The fraction of sp³-hybridized carbons (Fsp3) is 0.727. The van der Waals surface area contributed by atoms with Gasteiger partial charge in [0.15, 0.2) is 0 Å². The number of nitrogens with one attached hydrogen (secondary N) is 1. The lowest BCUT2D eigenvalue weighted by atomic mass is 10.1. The maximum atomic E-state index is 4.36. The Morgan fingerprint density at radius 3 is 2.85 bits per heavy atom. The lowest BCUT2D eigenvalue weighted by Gasteiger charge is -2.01. The van der Waals surface area contributed by atoms with Gasteiger partial charge in [0.1, 0.15) is 0 Å². The minimum absolute atomic E-state index is 0.978. The molecule has 0 amide bonds. The molecular formula is C11H20N2. The van der Waals surface area contributed by atoms with Crippen LogP contribution in [0.1, 0.15) is 38.5 Å². The van der Waals surface area contributed by atoms with Crippen molar-refractivity contribution in [3.8, 4) is 0 Å². The van der Waals surface area contributed by atoms with E-state index in [1.54, 1.807) is 0 Å². The molecule has 0 spiro atoms. The smallest absolute Gasteiger partial charge is 0.0964 e. The average Bonchev–Trinajstić information content (AvgIpc) is 2.63. The van der Waals surface area contributed by atoms with E-state index in [1.807, 2.05) is 6.08 Å². The summed E-state index contributed by atoms with van der Waals surface area (Å²) >= 11 is 0. The summed E-state index contributed by atoms with van der Waals surface area (Å²) in [4.78, 5) is 4.36. The number of hydrogen-bond donors (Lipinski definition) is 1. The normalized spacial score (nSPS) is 15.2. The van der Waals surface area contributed by atoms with Crippen LogP contribution >= 0.6 is 0 Å². The third-order valence-electron chi connectivity index (χ3n) is 2.32. The highest BCUT2D eigenvalue weighted by molar-refractivity contribution is 5.83. The first-order chi connectivity index (χ1) is 6.43. The van der Waals surface area contributed by atoms with Gasteiger partial charge in [0.25, 0.3) is 0 Å². The summed E-state index contributed by atoms with van der Waals surface area (Å²) in [6, 6.07) is 0. The summed E-state index contributed by atoms with van der Waals surface area (Å²) in [5.74, 6) is 1.23. The second-order valence-corrected chi connectivity index (χ2v) is 3.50. The van der Waals surface area contributed by atoms with Crippen molar-refractivity contribution in [3.63, 3.8) is 0 Å². The molecule has 2 heteroatoms. The van der Waals surface area contributed by atoms with Crippen molar-refractivity contribution >= 4 is 5.84 Å². The molecule has 0 radical (unpaired) electrons. The minimum atomic E-state index is 0.978. The highest BCUT2D eigenvalue weighted by Gasteiger charge is 2.02. The molecule has 13 heavy (non-hydrogen) atoms. The van der Waals surface area contributed by atoms with Crippen molar-refractivity contribution in [1.82, 2.24) is 5.32 Å². The van der Waals surface area contributed by atoms with E-state index in [9.17, 15) is 0 Å². The molecule has 0 atom stereocenters. The topological polar surface area (TPSA) is 24.4 Å². The molecule has 2 nitrogen and oxygen atoms in total. The molecule has 0 fully saturated rings.